The number of nitrogens with zero attached hydrogens (tertiary/aromatic N) is 3. The molecular formula is C35H33N3O2. The molecule has 0 aliphatic carbocycles. The highest BCUT2D eigenvalue weighted by Crippen LogP contribution is 2.25. The Labute approximate surface area is 235 Å². The molecule has 0 aliphatic rings. The Hall–Kier alpha value is -4.77. The van der Waals surface area contributed by atoms with E-state index in [0.29, 0.717) is 29.7 Å². The van der Waals surface area contributed by atoms with Gasteiger partial charge in [0.15, 0.2) is 0 Å². The highest BCUT2D eigenvalue weighted by Gasteiger charge is 2.26. The fourth-order valence-electron chi connectivity index (χ4n) is 4.90. The van der Waals surface area contributed by atoms with Crippen LogP contribution in [-0.4, -0.2) is 26.9 Å². The predicted octanol–water partition coefficient (Wildman–Crippen LogP) is 6.85. The summed E-state index contributed by atoms with van der Waals surface area (Å²) in [5.74, 6) is 0.391. The van der Waals surface area contributed by atoms with E-state index in [9.17, 15) is 9.59 Å². The summed E-state index contributed by atoms with van der Waals surface area (Å²) in [7, 11) is 0. The predicted molar refractivity (Wildman–Crippen MR) is 163 cm³/mol. The van der Waals surface area contributed by atoms with Gasteiger partial charge in [-0.3, -0.25) is 14.2 Å². The lowest BCUT2D eigenvalue weighted by Crippen LogP contribution is -2.38. The van der Waals surface area contributed by atoms with Gasteiger partial charge in [-0.2, -0.15) is 0 Å². The number of benzene rings is 4. The molecule has 0 fully saturated rings. The van der Waals surface area contributed by atoms with Gasteiger partial charge in [0.25, 0.3) is 5.56 Å². The minimum absolute atomic E-state index is 0.138. The van der Waals surface area contributed by atoms with Crippen LogP contribution < -0.4 is 5.56 Å². The highest BCUT2D eigenvalue weighted by molar-refractivity contribution is 5.92. The van der Waals surface area contributed by atoms with Crippen LogP contribution >= 0.6 is 0 Å². The first-order valence-corrected chi connectivity index (χ1v) is 13.6. The van der Waals surface area contributed by atoms with Gasteiger partial charge >= 0.3 is 0 Å². The normalized spacial score (nSPS) is 12.1. The number of rotatable bonds is 8. The SMILES string of the molecule is Cc1ccc(-n2c(C(C)N(CCc3ccccc3)C(=O)C=Cc3ccccc3)nc3ccccc3c2=O)cc1C. The first-order chi connectivity index (χ1) is 19.4. The number of carbonyl (C=O) groups is 1. The van der Waals surface area contributed by atoms with Crippen LogP contribution in [-0.2, 0) is 11.2 Å². The largest absolute Gasteiger partial charge is 0.329 e. The third-order valence-electron chi connectivity index (χ3n) is 7.38. The summed E-state index contributed by atoms with van der Waals surface area (Å²) in [6.07, 6.45) is 4.11. The van der Waals surface area contributed by atoms with Gasteiger partial charge in [-0.15, -0.1) is 0 Å². The van der Waals surface area contributed by atoms with Crippen LogP contribution in [0.4, 0.5) is 0 Å². The van der Waals surface area contributed by atoms with Crippen molar-refractivity contribution >= 4 is 22.9 Å². The third kappa shape index (κ3) is 5.79. The molecule has 0 N–H and O–H groups in total. The maximum absolute atomic E-state index is 13.9. The molecule has 200 valence electrons. The molecule has 0 bridgehead atoms. The molecule has 0 saturated heterocycles. The maximum atomic E-state index is 13.9. The van der Waals surface area contributed by atoms with E-state index in [1.807, 2.05) is 112 Å². The zero-order valence-corrected chi connectivity index (χ0v) is 23.1. The average molecular weight is 528 g/mol. The van der Waals surface area contributed by atoms with E-state index in [0.717, 1.165) is 27.9 Å². The molecule has 5 heteroatoms. The molecule has 1 aromatic heterocycles. The van der Waals surface area contributed by atoms with Gasteiger partial charge in [-0.25, -0.2) is 4.98 Å². The van der Waals surface area contributed by atoms with Gasteiger partial charge in [-0.1, -0.05) is 78.9 Å². The monoisotopic (exact) mass is 527 g/mol. The lowest BCUT2D eigenvalue weighted by atomic mass is 10.1. The van der Waals surface area contributed by atoms with E-state index in [1.54, 1.807) is 21.6 Å². The Morgan fingerprint density at radius 1 is 0.875 bits per heavy atom. The van der Waals surface area contributed by atoms with Crippen LogP contribution in [0.15, 0.2) is 114 Å². The van der Waals surface area contributed by atoms with E-state index in [4.69, 9.17) is 4.98 Å². The average Bonchev–Trinajstić information content (AvgIpc) is 2.98. The van der Waals surface area contributed by atoms with Crippen LogP contribution in [0, 0.1) is 13.8 Å². The van der Waals surface area contributed by atoms with Crippen LogP contribution in [0.25, 0.3) is 22.7 Å². The van der Waals surface area contributed by atoms with Crippen molar-refractivity contribution < 1.29 is 4.79 Å². The molecule has 4 aromatic carbocycles. The second-order valence-electron chi connectivity index (χ2n) is 10.1. The number of fused-ring (bicyclic) bond motifs is 1. The summed E-state index contributed by atoms with van der Waals surface area (Å²) >= 11 is 0. The molecule has 0 aliphatic heterocycles. The summed E-state index contributed by atoms with van der Waals surface area (Å²) in [6.45, 7) is 6.50. The van der Waals surface area contributed by atoms with Crippen molar-refractivity contribution in [2.24, 2.45) is 0 Å². The summed E-state index contributed by atoms with van der Waals surface area (Å²) in [5, 5.41) is 0.544. The molecule has 1 heterocycles. The number of hydrogen-bond acceptors (Lipinski definition) is 3. The van der Waals surface area contributed by atoms with E-state index >= 15 is 0 Å². The molecular weight excluding hydrogens is 494 g/mol. The molecule has 0 spiro atoms. The lowest BCUT2D eigenvalue weighted by Gasteiger charge is -2.30. The van der Waals surface area contributed by atoms with E-state index in [2.05, 4.69) is 12.1 Å². The van der Waals surface area contributed by atoms with Crippen LogP contribution in [0.1, 0.15) is 41.0 Å². The minimum atomic E-state index is -0.476. The molecule has 0 radical (unpaired) electrons. The standard InChI is InChI=1S/C35H33N3O2/c1-25-18-20-30(24-26(25)2)38-34(36-32-17-11-10-16-31(32)35(38)40)27(3)37(23-22-29-14-8-5-9-15-29)33(39)21-19-28-12-6-4-7-13-28/h4-21,24,27H,22-23H2,1-3H3. The Kier molecular flexibility index (Phi) is 8.02. The van der Waals surface area contributed by atoms with Gasteiger partial charge in [0, 0.05) is 12.6 Å². The molecule has 40 heavy (non-hydrogen) atoms. The van der Waals surface area contributed by atoms with Crippen molar-refractivity contribution in [3.63, 3.8) is 0 Å². The number of hydrogen-bond donors (Lipinski definition) is 0. The molecule has 5 nitrogen and oxygen atoms in total. The van der Waals surface area contributed by atoms with Crippen molar-refractivity contribution in [1.82, 2.24) is 14.5 Å². The van der Waals surface area contributed by atoms with Crippen LogP contribution in [0.5, 0.6) is 0 Å². The topological polar surface area (TPSA) is 55.2 Å². The quantitative estimate of drug-likeness (QED) is 0.207. The molecule has 5 aromatic rings. The summed E-state index contributed by atoms with van der Waals surface area (Å²) in [5.41, 5.74) is 5.52. The number of para-hydroxylation sites is 1. The fourth-order valence-corrected chi connectivity index (χ4v) is 4.90. The summed E-state index contributed by atoms with van der Waals surface area (Å²) in [6, 6.07) is 32.8. The first kappa shape index (κ1) is 26.8. The fraction of sp³-hybridized carbons (Fsp3) is 0.171. The van der Waals surface area contributed by atoms with Crippen molar-refractivity contribution in [2.45, 2.75) is 33.2 Å². The summed E-state index contributed by atoms with van der Waals surface area (Å²) in [4.78, 5) is 34.5. The molecule has 1 atom stereocenters. The van der Waals surface area contributed by atoms with Gasteiger partial charge in [0.1, 0.15) is 5.82 Å². The molecule has 5 rings (SSSR count). The minimum Gasteiger partial charge on any atom is -0.329 e. The second kappa shape index (κ2) is 12.0. The van der Waals surface area contributed by atoms with Gasteiger partial charge in [0.05, 0.1) is 22.6 Å². The highest BCUT2D eigenvalue weighted by atomic mass is 16.2. The van der Waals surface area contributed by atoms with Gasteiger partial charge in [-0.05, 0) is 79.8 Å². The molecule has 1 unspecified atom stereocenters. The van der Waals surface area contributed by atoms with Gasteiger partial charge in [0.2, 0.25) is 5.91 Å². The van der Waals surface area contributed by atoms with Crippen LogP contribution in [0.3, 0.4) is 0 Å². The van der Waals surface area contributed by atoms with E-state index < -0.39 is 6.04 Å². The first-order valence-electron chi connectivity index (χ1n) is 13.6. The molecule has 0 saturated carbocycles. The third-order valence-corrected chi connectivity index (χ3v) is 7.38. The van der Waals surface area contributed by atoms with Crippen molar-refractivity contribution in [2.75, 3.05) is 6.54 Å². The van der Waals surface area contributed by atoms with Crippen molar-refractivity contribution in [3.05, 3.63) is 148 Å². The number of amides is 1. The van der Waals surface area contributed by atoms with E-state index in [-0.39, 0.29) is 11.5 Å². The smallest absolute Gasteiger partial charge is 0.266 e. The Balaban J connectivity index is 1.61. The maximum Gasteiger partial charge on any atom is 0.266 e. The lowest BCUT2D eigenvalue weighted by molar-refractivity contribution is -0.128. The number of carbonyl (C=O) groups excluding carboxylic acids is 1. The summed E-state index contributed by atoms with van der Waals surface area (Å²) < 4.78 is 1.67. The van der Waals surface area contributed by atoms with Gasteiger partial charge < -0.3 is 4.90 Å². The van der Waals surface area contributed by atoms with Crippen molar-refractivity contribution in [3.8, 4) is 5.69 Å². The Morgan fingerprint density at radius 2 is 1.55 bits per heavy atom. The van der Waals surface area contributed by atoms with Crippen LogP contribution in [0.2, 0.25) is 0 Å². The number of aromatic nitrogens is 2. The van der Waals surface area contributed by atoms with Crippen molar-refractivity contribution in [1.29, 1.82) is 0 Å². The zero-order chi connectivity index (χ0) is 28.1. The zero-order valence-electron chi connectivity index (χ0n) is 23.1. The Bertz CT molecular complexity index is 1720. The second-order valence-corrected chi connectivity index (χ2v) is 10.1. The Morgan fingerprint density at radius 3 is 2.27 bits per heavy atom. The molecule has 1 amide bonds. The van der Waals surface area contributed by atoms with E-state index in [1.165, 1.54) is 0 Å². The number of aryl methyl sites for hydroxylation is 2.